The largest absolute Gasteiger partial charge is 0.478 e. The Morgan fingerprint density at radius 2 is 1.72 bits per heavy atom. The van der Waals surface area contributed by atoms with Gasteiger partial charge < -0.3 is 19.7 Å². The molecule has 0 amide bonds. The second-order valence-electron chi connectivity index (χ2n) is 5.12. The maximum Gasteiger partial charge on any atom is 0.335 e. The average molecular weight is 342 g/mol. The zero-order chi connectivity index (χ0) is 18.2. The SMILES string of the molecule is CCOCCOCC#Cc1cc(C(=O)O)cc2ccc(C(=O)O)cc12. The van der Waals surface area contributed by atoms with Crippen LogP contribution >= 0.6 is 0 Å². The van der Waals surface area contributed by atoms with E-state index >= 15 is 0 Å². The number of aromatic carboxylic acids is 2. The Balaban J connectivity index is 2.30. The first kappa shape index (κ1) is 18.5. The van der Waals surface area contributed by atoms with Gasteiger partial charge in [-0.1, -0.05) is 17.9 Å². The third-order valence-corrected chi connectivity index (χ3v) is 3.42. The van der Waals surface area contributed by atoms with Crippen molar-refractivity contribution >= 4 is 22.7 Å². The van der Waals surface area contributed by atoms with Crippen LogP contribution in [0.2, 0.25) is 0 Å². The molecule has 0 aliphatic rings. The van der Waals surface area contributed by atoms with Gasteiger partial charge in [-0.3, -0.25) is 0 Å². The number of carbonyl (C=O) groups is 2. The van der Waals surface area contributed by atoms with E-state index in [1.807, 2.05) is 6.92 Å². The van der Waals surface area contributed by atoms with Crippen molar-refractivity contribution < 1.29 is 29.3 Å². The van der Waals surface area contributed by atoms with Crippen molar-refractivity contribution in [3.8, 4) is 11.8 Å². The summed E-state index contributed by atoms with van der Waals surface area (Å²) in [6.07, 6.45) is 0. The van der Waals surface area contributed by atoms with Crippen molar-refractivity contribution in [3.05, 3.63) is 47.0 Å². The van der Waals surface area contributed by atoms with Crippen molar-refractivity contribution in [3.63, 3.8) is 0 Å². The summed E-state index contributed by atoms with van der Waals surface area (Å²) in [5, 5.41) is 19.6. The molecule has 6 nitrogen and oxygen atoms in total. The Morgan fingerprint density at radius 1 is 1.00 bits per heavy atom. The van der Waals surface area contributed by atoms with Gasteiger partial charge in [-0.15, -0.1) is 0 Å². The summed E-state index contributed by atoms with van der Waals surface area (Å²) in [7, 11) is 0. The molecule has 0 heterocycles. The van der Waals surface area contributed by atoms with Gasteiger partial charge in [0.25, 0.3) is 0 Å². The summed E-state index contributed by atoms with van der Waals surface area (Å²) in [5.41, 5.74) is 0.662. The molecule has 0 aromatic heterocycles. The Bertz CT molecular complexity index is 844. The molecule has 2 aromatic carbocycles. The summed E-state index contributed by atoms with van der Waals surface area (Å²) in [6, 6.07) is 7.43. The molecule has 0 aliphatic heterocycles. The lowest BCUT2D eigenvalue weighted by atomic mass is 9.99. The Morgan fingerprint density at radius 3 is 2.40 bits per heavy atom. The van der Waals surface area contributed by atoms with Gasteiger partial charge in [-0.2, -0.15) is 0 Å². The van der Waals surface area contributed by atoms with Crippen LogP contribution in [-0.2, 0) is 9.47 Å². The standard InChI is InChI=1S/C19H18O6/c1-2-24-8-9-25-7-3-4-13-10-16(19(22)23)11-14-5-6-15(18(20)21)12-17(13)14/h5-6,10-12H,2,7-9H2,1H3,(H,20,21)(H,22,23). The van der Waals surface area contributed by atoms with Crippen molar-refractivity contribution in [1.82, 2.24) is 0 Å². The van der Waals surface area contributed by atoms with Crippen LogP contribution < -0.4 is 0 Å². The molecule has 0 spiro atoms. The molecule has 25 heavy (non-hydrogen) atoms. The molecule has 130 valence electrons. The van der Waals surface area contributed by atoms with E-state index in [0.717, 1.165) is 0 Å². The van der Waals surface area contributed by atoms with Crippen molar-refractivity contribution in [1.29, 1.82) is 0 Å². The molecule has 0 atom stereocenters. The van der Waals surface area contributed by atoms with Gasteiger partial charge in [0.15, 0.2) is 0 Å². The van der Waals surface area contributed by atoms with Crippen LogP contribution in [0.5, 0.6) is 0 Å². The summed E-state index contributed by atoms with van der Waals surface area (Å²) in [4.78, 5) is 22.4. The van der Waals surface area contributed by atoms with E-state index < -0.39 is 11.9 Å². The van der Waals surface area contributed by atoms with Gasteiger partial charge in [-0.25, -0.2) is 9.59 Å². The van der Waals surface area contributed by atoms with Crippen molar-refractivity contribution in [2.75, 3.05) is 26.4 Å². The number of rotatable bonds is 7. The summed E-state index contributed by atoms with van der Waals surface area (Å²) < 4.78 is 10.4. The molecule has 0 radical (unpaired) electrons. The topological polar surface area (TPSA) is 93.1 Å². The highest BCUT2D eigenvalue weighted by atomic mass is 16.5. The highest BCUT2D eigenvalue weighted by molar-refractivity contribution is 6.00. The third-order valence-electron chi connectivity index (χ3n) is 3.42. The first-order chi connectivity index (χ1) is 12.0. The molecule has 6 heteroatoms. The molecule has 2 rings (SSSR count). The van der Waals surface area contributed by atoms with E-state index in [4.69, 9.17) is 14.6 Å². The Kier molecular flexibility index (Phi) is 6.52. The minimum absolute atomic E-state index is 0.0946. The summed E-state index contributed by atoms with van der Waals surface area (Å²) in [5.74, 6) is 3.56. The normalized spacial score (nSPS) is 10.3. The van der Waals surface area contributed by atoms with Crippen molar-refractivity contribution in [2.45, 2.75) is 6.92 Å². The average Bonchev–Trinajstić information content (AvgIpc) is 2.60. The Labute approximate surface area is 145 Å². The second-order valence-corrected chi connectivity index (χ2v) is 5.12. The van der Waals surface area contributed by atoms with E-state index in [1.165, 1.54) is 24.3 Å². The number of ether oxygens (including phenoxy) is 2. The van der Waals surface area contributed by atoms with E-state index in [9.17, 15) is 14.7 Å². The van der Waals surface area contributed by atoms with Crippen LogP contribution in [0, 0.1) is 11.8 Å². The molecular weight excluding hydrogens is 324 g/mol. The van der Waals surface area contributed by atoms with Crippen LogP contribution in [0.3, 0.4) is 0 Å². The van der Waals surface area contributed by atoms with Crippen LogP contribution in [0.15, 0.2) is 30.3 Å². The first-order valence-electron chi connectivity index (χ1n) is 7.71. The molecule has 0 fully saturated rings. The first-order valence-corrected chi connectivity index (χ1v) is 7.71. The molecule has 0 aliphatic carbocycles. The maximum absolute atomic E-state index is 11.3. The lowest BCUT2D eigenvalue weighted by molar-refractivity contribution is 0.0662. The fraction of sp³-hybridized carbons (Fsp3) is 0.263. The maximum atomic E-state index is 11.3. The predicted molar refractivity (Wildman–Crippen MR) is 92.1 cm³/mol. The number of carboxylic acid groups (broad SMARTS) is 2. The fourth-order valence-corrected chi connectivity index (χ4v) is 2.23. The molecule has 0 bridgehead atoms. The molecular formula is C19H18O6. The van der Waals surface area contributed by atoms with Crippen LogP contribution in [-0.4, -0.2) is 48.6 Å². The van der Waals surface area contributed by atoms with Gasteiger partial charge >= 0.3 is 11.9 Å². The smallest absolute Gasteiger partial charge is 0.335 e. The second kappa shape index (κ2) is 8.83. The van der Waals surface area contributed by atoms with Crippen LogP contribution in [0.25, 0.3) is 10.8 Å². The number of benzene rings is 2. The van der Waals surface area contributed by atoms with E-state index in [0.29, 0.717) is 36.2 Å². The quantitative estimate of drug-likeness (QED) is 0.593. The van der Waals surface area contributed by atoms with E-state index in [-0.39, 0.29) is 17.7 Å². The summed E-state index contributed by atoms with van der Waals surface area (Å²) >= 11 is 0. The number of fused-ring (bicyclic) bond motifs is 1. The number of hydrogen-bond acceptors (Lipinski definition) is 4. The molecule has 0 saturated heterocycles. The lowest BCUT2D eigenvalue weighted by Crippen LogP contribution is -2.03. The van der Waals surface area contributed by atoms with E-state index in [1.54, 1.807) is 6.07 Å². The van der Waals surface area contributed by atoms with Gasteiger partial charge in [0.2, 0.25) is 0 Å². The van der Waals surface area contributed by atoms with Crippen LogP contribution in [0.4, 0.5) is 0 Å². The molecule has 2 aromatic rings. The van der Waals surface area contributed by atoms with Gasteiger partial charge in [0.1, 0.15) is 6.61 Å². The molecule has 0 saturated carbocycles. The Hall–Kier alpha value is -2.88. The minimum Gasteiger partial charge on any atom is -0.478 e. The minimum atomic E-state index is -1.07. The molecule has 0 unspecified atom stereocenters. The zero-order valence-corrected chi connectivity index (χ0v) is 13.7. The monoisotopic (exact) mass is 342 g/mol. The van der Waals surface area contributed by atoms with E-state index in [2.05, 4.69) is 11.8 Å². The zero-order valence-electron chi connectivity index (χ0n) is 13.7. The lowest BCUT2D eigenvalue weighted by Gasteiger charge is -2.05. The number of carboxylic acids is 2. The van der Waals surface area contributed by atoms with Gasteiger partial charge in [0.05, 0.1) is 24.3 Å². The number of hydrogen-bond donors (Lipinski definition) is 2. The van der Waals surface area contributed by atoms with Crippen molar-refractivity contribution in [2.24, 2.45) is 0 Å². The third kappa shape index (κ3) is 5.05. The highest BCUT2D eigenvalue weighted by Crippen LogP contribution is 2.22. The fourth-order valence-electron chi connectivity index (χ4n) is 2.23. The van der Waals surface area contributed by atoms with Crippen LogP contribution in [0.1, 0.15) is 33.2 Å². The molecule has 2 N–H and O–H groups in total. The highest BCUT2D eigenvalue weighted by Gasteiger charge is 2.10. The summed E-state index contributed by atoms with van der Waals surface area (Å²) in [6.45, 7) is 3.59. The van der Waals surface area contributed by atoms with Gasteiger partial charge in [0, 0.05) is 12.2 Å². The van der Waals surface area contributed by atoms with Gasteiger partial charge in [-0.05, 0) is 42.0 Å². The predicted octanol–water partition coefficient (Wildman–Crippen LogP) is 2.64.